The molecular weight excluding hydrogens is 530 g/mol. The molecule has 4 aromatic rings. The standard InChI is InChI=1S/C37H43N5O/c1-6-27-14-13-24(3)25(4)35(39-31-11-9-8-10-12-31)26(5)36(27)42-19-20-43-34-18-16-28(21-30(34)23-42)29-15-17-32-33(22-29)41-37(40-32)38-7-2/h8-18,21-22,24-25,27H,6-7,19-20,23H2,1-5H3,(H2,38,40,41)/b14-13-,36-26?,39-35?. The molecule has 1 aliphatic heterocycles. The van der Waals surface area contributed by atoms with Crippen LogP contribution in [0.5, 0.6) is 5.75 Å². The maximum atomic E-state index is 6.34. The lowest BCUT2D eigenvalue weighted by molar-refractivity contribution is 0.249. The van der Waals surface area contributed by atoms with E-state index in [2.05, 4.69) is 134 Å². The summed E-state index contributed by atoms with van der Waals surface area (Å²) in [7, 11) is 0. The Balaban J connectivity index is 1.39. The van der Waals surface area contributed by atoms with Crippen LogP contribution in [0.15, 0.2) is 95.1 Å². The molecule has 3 atom stereocenters. The van der Waals surface area contributed by atoms with Crippen LogP contribution in [0, 0.1) is 17.8 Å². The van der Waals surface area contributed by atoms with Crippen LogP contribution in [0.25, 0.3) is 22.2 Å². The van der Waals surface area contributed by atoms with E-state index in [9.17, 15) is 0 Å². The molecule has 1 aromatic heterocycles. The third-order valence-electron chi connectivity index (χ3n) is 8.97. The molecule has 0 amide bonds. The SMILES string of the molecule is CCNc1nc2ccc(-c3ccc4c(c3)CN(C3=C(C)C(=Nc5ccccc5)C(C)C(C)/C=C\C3CC)CCO4)cc2[nH]1. The van der Waals surface area contributed by atoms with Crippen molar-refractivity contribution in [2.45, 2.75) is 47.6 Å². The second-order valence-corrected chi connectivity index (χ2v) is 11.8. The molecular formula is C37H43N5O. The fraction of sp³-hybridized carbons (Fsp3) is 0.351. The first-order valence-corrected chi connectivity index (χ1v) is 15.7. The molecule has 222 valence electrons. The topological polar surface area (TPSA) is 65.5 Å². The first kappa shape index (κ1) is 28.8. The summed E-state index contributed by atoms with van der Waals surface area (Å²) in [5, 5.41) is 3.28. The molecule has 6 nitrogen and oxygen atoms in total. The molecule has 3 unspecified atom stereocenters. The van der Waals surface area contributed by atoms with Gasteiger partial charge in [0.15, 0.2) is 0 Å². The van der Waals surface area contributed by atoms with E-state index in [1.807, 2.05) is 0 Å². The van der Waals surface area contributed by atoms with Crippen LogP contribution in [0.2, 0.25) is 0 Å². The Labute approximate surface area is 255 Å². The maximum Gasteiger partial charge on any atom is 0.201 e. The van der Waals surface area contributed by atoms with Gasteiger partial charge in [0.05, 0.1) is 23.3 Å². The number of anilines is 1. The number of H-pyrrole nitrogens is 1. The van der Waals surface area contributed by atoms with Gasteiger partial charge in [0.25, 0.3) is 0 Å². The van der Waals surface area contributed by atoms with E-state index in [-0.39, 0.29) is 0 Å². The van der Waals surface area contributed by atoms with Crippen LogP contribution in [0.3, 0.4) is 0 Å². The zero-order valence-electron chi connectivity index (χ0n) is 26.0. The molecule has 0 saturated carbocycles. The van der Waals surface area contributed by atoms with E-state index in [1.165, 1.54) is 28.1 Å². The summed E-state index contributed by atoms with van der Waals surface area (Å²) in [4.78, 5) is 15.9. The van der Waals surface area contributed by atoms with Gasteiger partial charge in [0.1, 0.15) is 12.4 Å². The van der Waals surface area contributed by atoms with Crippen LogP contribution >= 0.6 is 0 Å². The molecule has 6 rings (SSSR count). The number of allylic oxidation sites excluding steroid dienone is 3. The lowest BCUT2D eigenvalue weighted by Gasteiger charge is -2.35. The van der Waals surface area contributed by atoms with Crippen molar-refractivity contribution in [2.75, 3.05) is 25.0 Å². The van der Waals surface area contributed by atoms with Gasteiger partial charge in [-0.2, -0.15) is 0 Å². The Hall–Kier alpha value is -4.32. The lowest BCUT2D eigenvalue weighted by atomic mass is 9.81. The number of nitrogens with one attached hydrogen (secondary N) is 2. The summed E-state index contributed by atoms with van der Waals surface area (Å²) in [6, 6.07) is 23.4. The zero-order chi connectivity index (χ0) is 29.9. The predicted molar refractivity (Wildman–Crippen MR) is 179 cm³/mol. The average molecular weight is 574 g/mol. The van der Waals surface area contributed by atoms with Crippen molar-refractivity contribution in [1.82, 2.24) is 14.9 Å². The Bertz CT molecular complexity index is 1680. The van der Waals surface area contributed by atoms with Crippen molar-refractivity contribution in [3.63, 3.8) is 0 Å². The molecule has 6 heteroatoms. The van der Waals surface area contributed by atoms with Gasteiger partial charge >= 0.3 is 0 Å². The molecule has 43 heavy (non-hydrogen) atoms. The van der Waals surface area contributed by atoms with Crippen molar-refractivity contribution in [1.29, 1.82) is 0 Å². The highest BCUT2D eigenvalue weighted by Crippen LogP contribution is 2.37. The van der Waals surface area contributed by atoms with Gasteiger partial charge in [-0.3, -0.25) is 4.99 Å². The quantitative estimate of drug-likeness (QED) is 0.226. The number of aromatic nitrogens is 2. The summed E-state index contributed by atoms with van der Waals surface area (Å²) >= 11 is 0. The second-order valence-electron chi connectivity index (χ2n) is 11.8. The Morgan fingerprint density at radius 1 is 1.00 bits per heavy atom. The number of fused-ring (bicyclic) bond motifs is 2. The van der Waals surface area contributed by atoms with E-state index in [0.29, 0.717) is 24.4 Å². The predicted octanol–water partition coefficient (Wildman–Crippen LogP) is 8.77. The number of rotatable bonds is 6. The van der Waals surface area contributed by atoms with E-state index in [4.69, 9.17) is 9.73 Å². The van der Waals surface area contributed by atoms with E-state index in [1.54, 1.807) is 0 Å². The number of ether oxygens (including phenoxy) is 1. The molecule has 0 fully saturated rings. The minimum Gasteiger partial charge on any atom is -0.491 e. The van der Waals surface area contributed by atoms with Crippen molar-refractivity contribution < 1.29 is 4.74 Å². The molecule has 0 bridgehead atoms. The average Bonchev–Trinajstić information content (AvgIpc) is 3.31. The van der Waals surface area contributed by atoms with Gasteiger partial charge in [-0.25, -0.2) is 4.98 Å². The number of hydrogen-bond donors (Lipinski definition) is 2. The number of para-hydroxylation sites is 1. The van der Waals surface area contributed by atoms with E-state index >= 15 is 0 Å². The lowest BCUT2D eigenvalue weighted by Crippen LogP contribution is -2.33. The molecule has 1 aliphatic carbocycles. The third-order valence-corrected chi connectivity index (χ3v) is 8.97. The van der Waals surface area contributed by atoms with Gasteiger partial charge in [-0.1, -0.05) is 63.3 Å². The molecule has 2 N–H and O–H groups in total. The summed E-state index contributed by atoms with van der Waals surface area (Å²) in [6.45, 7) is 14.4. The zero-order valence-corrected chi connectivity index (χ0v) is 26.0. The van der Waals surface area contributed by atoms with Gasteiger partial charge in [0, 0.05) is 41.9 Å². The van der Waals surface area contributed by atoms with E-state index in [0.717, 1.165) is 60.0 Å². The number of benzene rings is 3. The van der Waals surface area contributed by atoms with Crippen LogP contribution in [-0.2, 0) is 6.54 Å². The molecule has 0 spiro atoms. The monoisotopic (exact) mass is 573 g/mol. The minimum absolute atomic E-state index is 0.303. The Morgan fingerprint density at radius 3 is 2.58 bits per heavy atom. The maximum absolute atomic E-state index is 6.34. The van der Waals surface area contributed by atoms with Crippen LogP contribution in [-0.4, -0.2) is 40.3 Å². The molecule has 0 radical (unpaired) electrons. The molecule has 2 heterocycles. The fourth-order valence-electron chi connectivity index (χ4n) is 6.42. The van der Waals surface area contributed by atoms with Crippen molar-refractivity contribution in [2.24, 2.45) is 22.7 Å². The van der Waals surface area contributed by atoms with Crippen molar-refractivity contribution in [3.05, 3.63) is 95.7 Å². The number of nitrogens with zero attached hydrogens (tertiary/aromatic N) is 3. The first-order chi connectivity index (χ1) is 20.9. The van der Waals surface area contributed by atoms with Crippen LogP contribution in [0.4, 0.5) is 11.6 Å². The molecule has 3 aromatic carbocycles. The van der Waals surface area contributed by atoms with Gasteiger partial charge < -0.3 is 19.9 Å². The van der Waals surface area contributed by atoms with Crippen LogP contribution < -0.4 is 10.1 Å². The first-order valence-electron chi connectivity index (χ1n) is 15.7. The number of aliphatic imine (C=N–C) groups is 1. The normalized spacial score (nSPS) is 22.5. The number of hydrogen-bond acceptors (Lipinski definition) is 5. The molecule has 2 aliphatic rings. The largest absolute Gasteiger partial charge is 0.491 e. The summed E-state index contributed by atoms with van der Waals surface area (Å²) in [6.07, 6.45) is 5.87. The summed E-state index contributed by atoms with van der Waals surface area (Å²) in [5.74, 6) is 2.80. The smallest absolute Gasteiger partial charge is 0.201 e. The van der Waals surface area contributed by atoms with E-state index < -0.39 is 0 Å². The molecule has 0 saturated heterocycles. The number of aromatic amines is 1. The Morgan fingerprint density at radius 2 is 1.79 bits per heavy atom. The van der Waals surface area contributed by atoms with Crippen LogP contribution in [0.1, 0.15) is 46.6 Å². The highest BCUT2D eigenvalue weighted by molar-refractivity contribution is 6.03. The second kappa shape index (κ2) is 12.5. The summed E-state index contributed by atoms with van der Waals surface area (Å²) in [5.41, 5.74) is 10.4. The third kappa shape index (κ3) is 5.96. The van der Waals surface area contributed by atoms with Crippen molar-refractivity contribution in [3.8, 4) is 16.9 Å². The van der Waals surface area contributed by atoms with Gasteiger partial charge in [0.2, 0.25) is 5.95 Å². The highest BCUT2D eigenvalue weighted by atomic mass is 16.5. The van der Waals surface area contributed by atoms with Gasteiger partial charge in [-0.15, -0.1) is 0 Å². The highest BCUT2D eigenvalue weighted by Gasteiger charge is 2.29. The van der Waals surface area contributed by atoms with Gasteiger partial charge in [-0.05, 0) is 79.3 Å². The minimum atomic E-state index is 0.303. The number of imidazole rings is 1. The van der Waals surface area contributed by atoms with Crippen molar-refractivity contribution >= 4 is 28.4 Å². The fourth-order valence-corrected chi connectivity index (χ4v) is 6.42. The summed E-state index contributed by atoms with van der Waals surface area (Å²) < 4.78 is 6.34. The Kier molecular flexibility index (Phi) is 8.37.